The molecule has 0 aliphatic carbocycles. The van der Waals surface area contributed by atoms with Crippen LogP contribution in [0.1, 0.15) is 11.1 Å². The lowest BCUT2D eigenvalue weighted by molar-refractivity contribution is -0.131. The third-order valence-corrected chi connectivity index (χ3v) is 4.64. The van der Waals surface area contributed by atoms with Gasteiger partial charge < -0.3 is 14.4 Å². The van der Waals surface area contributed by atoms with Crippen molar-refractivity contribution in [2.45, 2.75) is 20.0 Å². The number of benzene rings is 2. The Balaban J connectivity index is 1.51. The van der Waals surface area contributed by atoms with Crippen LogP contribution in [0.25, 0.3) is 10.9 Å². The highest BCUT2D eigenvalue weighted by Gasteiger charge is 2.16. The average Bonchev–Trinajstić information content (AvgIpc) is 3.12. The maximum absolute atomic E-state index is 12.6. The minimum absolute atomic E-state index is 0.0588. The van der Waals surface area contributed by atoms with E-state index >= 15 is 0 Å². The molecule has 0 spiro atoms. The number of aryl methyl sites for hydroxylation is 1. The monoisotopic (exact) mass is 365 g/mol. The molecule has 4 rings (SSSR count). The van der Waals surface area contributed by atoms with Gasteiger partial charge in [-0.05, 0) is 36.2 Å². The Labute approximate surface area is 155 Å². The molecule has 138 valence electrons. The Morgan fingerprint density at radius 3 is 2.89 bits per heavy atom. The van der Waals surface area contributed by atoms with Gasteiger partial charge in [-0.15, -0.1) is 0 Å². The molecule has 1 aliphatic heterocycles. The highest BCUT2D eigenvalue weighted by molar-refractivity contribution is 5.81. The summed E-state index contributed by atoms with van der Waals surface area (Å²) in [5.41, 5.74) is 2.31. The molecule has 0 fully saturated rings. The second-order valence-corrected chi connectivity index (χ2v) is 6.59. The standard InChI is InChI=1S/C20H19N3O4/c1-13-4-3-5-15-19(13)21-11-23(20(15)25)10-18(24)22(2)9-14-6-7-16-17(8-14)27-12-26-16/h3-8,11H,9-10,12H2,1-2H3. The molecule has 2 aromatic carbocycles. The number of para-hydroxylation sites is 1. The predicted molar refractivity (Wildman–Crippen MR) is 99.8 cm³/mol. The predicted octanol–water partition coefficient (Wildman–Crippen LogP) is 2.09. The largest absolute Gasteiger partial charge is 0.454 e. The van der Waals surface area contributed by atoms with Crippen LogP contribution < -0.4 is 15.0 Å². The van der Waals surface area contributed by atoms with Crippen LogP contribution in [0, 0.1) is 6.92 Å². The summed E-state index contributed by atoms with van der Waals surface area (Å²) in [6.45, 7) is 2.47. The zero-order chi connectivity index (χ0) is 19.0. The van der Waals surface area contributed by atoms with Gasteiger partial charge in [-0.25, -0.2) is 4.98 Å². The van der Waals surface area contributed by atoms with Crippen molar-refractivity contribution < 1.29 is 14.3 Å². The summed E-state index contributed by atoms with van der Waals surface area (Å²) in [5.74, 6) is 1.21. The Kier molecular flexibility index (Phi) is 4.27. The third-order valence-electron chi connectivity index (χ3n) is 4.64. The van der Waals surface area contributed by atoms with Gasteiger partial charge in [0.1, 0.15) is 6.54 Å². The van der Waals surface area contributed by atoms with E-state index in [-0.39, 0.29) is 24.8 Å². The smallest absolute Gasteiger partial charge is 0.261 e. The number of likely N-dealkylation sites (N-methyl/N-ethyl adjacent to an activating group) is 1. The number of ether oxygens (including phenoxy) is 2. The Morgan fingerprint density at radius 2 is 2.04 bits per heavy atom. The van der Waals surface area contributed by atoms with E-state index in [2.05, 4.69) is 4.98 Å². The average molecular weight is 365 g/mol. The first-order valence-electron chi connectivity index (χ1n) is 8.60. The van der Waals surface area contributed by atoms with Gasteiger partial charge in [0.2, 0.25) is 12.7 Å². The van der Waals surface area contributed by atoms with Gasteiger partial charge in [-0.3, -0.25) is 14.2 Å². The Morgan fingerprint density at radius 1 is 1.22 bits per heavy atom. The van der Waals surface area contributed by atoms with Gasteiger partial charge >= 0.3 is 0 Å². The van der Waals surface area contributed by atoms with Gasteiger partial charge in [0.15, 0.2) is 11.5 Å². The summed E-state index contributed by atoms with van der Waals surface area (Å²) < 4.78 is 12.0. The van der Waals surface area contributed by atoms with E-state index in [1.54, 1.807) is 18.0 Å². The van der Waals surface area contributed by atoms with E-state index in [4.69, 9.17) is 9.47 Å². The summed E-state index contributed by atoms with van der Waals surface area (Å²) in [6, 6.07) is 11.0. The topological polar surface area (TPSA) is 73.7 Å². The SMILES string of the molecule is Cc1cccc2c(=O)n(CC(=O)N(C)Cc3ccc4c(c3)OCO4)cnc12. The molecule has 7 heteroatoms. The number of carbonyl (C=O) groups is 1. The third kappa shape index (κ3) is 3.23. The van der Waals surface area contributed by atoms with Crippen molar-refractivity contribution in [2.24, 2.45) is 0 Å². The summed E-state index contributed by atoms with van der Waals surface area (Å²) in [4.78, 5) is 31.1. The van der Waals surface area contributed by atoms with Crippen LogP contribution in [0.4, 0.5) is 0 Å². The van der Waals surface area contributed by atoms with Gasteiger partial charge in [0, 0.05) is 13.6 Å². The fraction of sp³-hybridized carbons (Fsp3) is 0.250. The van der Waals surface area contributed by atoms with Crippen molar-refractivity contribution >= 4 is 16.8 Å². The highest BCUT2D eigenvalue weighted by atomic mass is 16.7. The van der Waals surface area contributed by atoms with E-state index in [0.717, 1.165) is 11.1 Å². The number of hydrogen-bond acceptors (Lipinski definition) is 5. The van der Waals surface area contributed by atoms with Crippen molar-refractivity contribution in [3.63, 3.8) is 0 Å². The van der Waals surface area contributed by atoms with E-state index in [1.165, 1.54) is 10.9 Å². The molecule has 0 saturated carbocycles. The molecule has 0 N–H and O–H groups in total. The summed E-state index contributed by atoms with van der Waals surface area (Å²) in [5, 5.41) is 0.517. The zero-order valence-electron chi connectivity index (χ0n) is 15.1. The first kappa shape index (κ1) is 17.1. The van der Waals surface area contributed by atoms with Crippen molar-refractivity contribution in [1.82, 2.24) is 14.5 Å². The van der Waals surface area contributed by atoms with Crippen LogP contribution >= 0.6 is 0 Å². The summed E-state index contributed by atoms with van der Waals surface area (Å²) in [7, 11) is 1.70. The van der Waals surface area contributed by atoms with Crippen LogP contribution in [0.5, 0.6) is 11.5 Å². The van der Waals surface area contributed by atoms with Crippen LogP contribution in [0.3, 0.4) is 0 Å². The molecule has 0 radical (unpaired) electrons. The van der Waals surface area contributed by atoms with Gasteiger partial charge in [-0.2, -0.15) is 0 Å². The number of fused-ring (bicyclic) bond motifs is 2. The number of hydrogen-bond donors (Lipinski definition) is 0. The van der Waals surface area contributed by atoms with Crippen molar-refractivity contribution in [2.75, 3.05) is 13.8 Å². The molecule has 3 aromatic rings. The molecule has 0 unspecified atom stereocenters. The molecular weight excluding hydrogens is 346 g/mol. The number of amides is 1. The lowest BCUT2D eigenvalue weighted by atomic mass is 10.1. The lowest BCUT2D eigenvalue weighted by Crippen LogP contribution is -2.33. The van der Waals surface area contributed by atoms with Crippen molar-refractivity contribution in [3.8, 4) is 11.5 Å². The normalized spacial score (nSPS) is 12.4. The molecule has 0 bridgehead atoms. The molecule has 1 aromatic heterocycles. The fourth-order valence-corrected chi connectivity index (χ4v) is 3.12. The van der Waals surface area contributed by atoms with Crippen LogP contribution in [-0.2, 0) is 17.9 Å². The Hall–Kier alpha value is -3.35. The molecule has 27 heavy (non-hydrogen) atoms. The quantitative estimate of drug-likeness (QED) is 0.708. The lowest BCUT2D eigenvalue weighted by Gasteiger charge is -2.18. The van der Waals surface area contributed by atoms with Gasteiger partial charge in [0.05, 0.1) is 17.2 Å². The fourth-order valence-electron chi connectivity index (χ4n) is 3.12. The van der Waals surface area contributed by atoms with Gasteiger partial charge in [-0.1, -0.05) is 18.2 Å². The molecule has 1 aliphatic rings. The second kappa shape index (κ2) is 6.75. The van der Waals surface area contributed by atoms with E-state index in [1.807, 2.05) is 37.3 Å². The maximum Gasteiger partial charge on any atom is 0.261 e. The van der Waals surface area contributed by atoms with E-state index in [0.29, 0.717) is 28.9 Å². The number of rotatable bonds is 4. The van der Waals surface area contributed by atoms with E-state index < -0.39 is 0 Å². The van der Waals surface area contributed by atoms with Crippen molar-refractivity contribution in [1.29, 1.82) is 0 Å². The molecule has 1 amide bonds. The first-order chi connectivity index (χ1) is 13.0. The van der Waals surface area contributed by atoms with Crippen LogP contribution in [0.2, 0.25) is 0 Å². The van der Waals surface area contributed by atoms with Gasteiger partial charge in [0.25, 0.3) is 5.56 Å². The van der Waals surface area contributed by atoms with E-state index in [9.17, 15) is 9.59 Å². The Bertz CT molecular complexity index is 1090. The number of nitrogens with zero attached hydrogens (tertiary/aromatic N) is 3. The molecular formula is C20H19N3O4. The molecule has 0 saturated heterocycles. The van der Waals surface area contributed by atoms with Crippen molar-refractivity contribution in [3.05, 3.63) is 64.2 Å². The molecule has 0 atom stereocenters. The highest BCUT2D eigenvalue weighted by Crippen LogP contribution is 2.32. The molecule has 2 heterocycles. The van der Waals surface area contributed by atoms with Crippen LogP contribution in [-0.4, -0.2) is 34.2 Å². The second-order valence-electron chi connectivity index (χ2n) is 6.59. The minimum atomic E-state index is -0.214. The number of aromatic nitrogens is 2. The minimum Gasteiger partial charge on any atom is -0.454 e. The maximum atomic E-state index is 12.6. The van der Waals surface area contributed by atoms with Crippen LogP contribution in [0.15, 0.2) is 47.5 Å². The molecule has 7 nitrogen and oxygen atoms in total. The first-order valence-corrected chi connectivity index (χ1v) is 8.60. The number of carbonyl (C=O) groups excluding carboxylic acids is 1. The summed E-state index contributed by atoms with van der Waals surface area (Å²) >= 11 is 0. The summed E-state index contributed by atoms with van der Waals surface area (Å²) in [6.07, 6.45) is 1.43. The zero-order valence-corrected chi connectivity index (χ0v) is 15.1.